The minimum atomic E-state index is -0.922. The molecular formula is C28H23N3O5S. The van der Waals surface area contributed by atoms with Crippen LogP contribution in [-0.2, 0) is 16.2 Å². The van der Waals surface area contributed by atoms with Crippen molar-refractivity contribution in [2.45, 2.75) is 19.6 Å². The number of carbonyl (C=O) groups excluding carboxylic acids is 2. The van der Waals surface area contributed by atoms with Crippen molar-refractivity contribution in [1.82, 2.24) is 10.2 Å². The Morgan fingerprint density at radius 2 is 1.73 bits per heavy atom. The van der Waals surface area contributed by atoms with Crippen LogP contribution in [0, 0.1) is 6.92 Å². The first kappa shape index (κ1) is 24.2. The van der Waals surface area contributed by atoms with Crippen LogP contribution in [0.3, 0.4) is 0 Å². The summed E-state index contributed by atoms with van der Waals surface area (Å²) in [6.45, 7) is 2.12. The summed E-state index contributed by atoms with van der Waals surface area (Å²) in [5.41, 5.74) is 1.94. The summed E-state index contributed by atoms with van der Waals surface area (Å²) in [7, 11) is 1.54. The second-order valence-corrected chi connectivity index (χ2v) is 9.51. The van der Waals surface area contributed by atoms with E-state index in [-0.39, 0.29) is 16.5 Å². The minimum absolute atomic E-state index is 0.0387. The molecule has 5 rings (SSSR count). The number of ether oxygens (including phenoxy) is 2. The number of anilines is 1. The molecule has 1 N–H and O–H groups in total. The third kappa shape index (κ3) is 4.81. The first-order chi connectivity index (χ1) is 18.0. The van der Waals surface area contributed by atoms with Crippen molar-refractivity contribution in [3.8, 4) is 11.5 Å². The molecule has 1 fully saturated rings. The normalized spacial score (nSPS) is 16.7. The van der Waals surface area contributed by atoms with E-state index in [1.54, 1.807) is 55.5 Å². The predicted molar refractivity (Wildman–Crippen MR) is 140 cm³/mol. The molecule has 8 nitrogen and oxygen atoms in total. The lowest BCUT2D eigenvalue weighted by atomic mass is 9.95. The Balaban J connectivity index is 1.59. The quantitative estimate of drug-likeness (QED) is 0.209. The molecule has 1 unspecified atom stereocenters. The van der Waals surface area contributed by atoms with E-state index in [4.69, 9.17) is 9.47 Å². The number of Topliss-reactive ketones (excluding diaryl/α,β-unsaturated/α-hetero) is 1. The molecule has 0 bridgehead atoms. The molecule has 1 aliphatic heterocycles. The van der Waals surface area contributed by atoms with Crippen LogP contribution in [0.2, 0.25) is 0 Å². The second kappa shape index (κ2) is 10.2. The van der Waals surface area contributed by atoms with Gasteiger partial charge < -0.3 is 14.6 Å². The van der Waals surface area contributed by atoms with Gasteiger partial charge in [0.2, 0.25) is 5.13 Å². The van der Waals surface area contributed by atoms with Gasteiger partial charge in [-0.05, 0) is 54.4 Å². The summed E-state index contributed by atoms with van der Waals surface area (Å²) >= 11 is 1.19. The highest BCUT2D eigenvalue weighted by molar-refractivity contribution is 7.15. The average Bonchev–Trinajstić information content (AvgIpc) is 3.48. The third-order valence-electron chi connectivity index (χ3n) is 5.95. The Kier molecular flexibility index (Phi) is 6.70. The van der Waals surface area contributed by atoms with Crippen molar-refractivity contribution in [3.05, 3.63) is 106 Å². The van der Waals surface area contributed by atoms with Gasteiger partial charge in [0.25, 0.3) is 5.78 Å². The van der Waals surface area contributed by atoms with Gasteiger partial charge in [-0.15, -0.1) is 10.2 Å². The lowest BCUT2D eigenvalue weighted by Gasteiger charge is -2.23. The highest BCUT2D eigenvalue weighted by Gasteiger charge is 2.48. The Hall–Kier alpha value is -4.50. The number of aromatic nitrogens is 2. The molecule has 1 aliphatic rings. The van der Waals surface area contributed by atoms with Crippen LogP contribution in [-0.4, -0.2) is 34.1 Å². The van der Waals surface area contributed by atoms with Gasteiger partial charge in [0.15, 0.2) is 0 Å². The summed E-state index contributed by atoms with van der Waals surface area (Å²) in [4.78, 5) is 27.9. The van der Waals surface area contributed by atoms with Crippen LogP contribution in [0.4, 0.5) is 5.13 Å². The minimum Gasteiger partial charge on any atom is -0.507 e. The Morgan fingerprint density at radius 1 is 0.973 bits per heavy atom. The van der Waals surface area contributed by atoms with Gasteiger partial charge in [-0.2, -0.15) is 0 Å². The molecule has 37 heavy (non-hydrogen) atoms. The SMILES string of the molecule is COc1ccc(C(O)=C2C(=O)C(=O)N(c3nnc(C)s3)C2c2cccc(OCc3ccccc3)c2)cc1. The Morgan fingerprint density at radius 3 is 2.41 bits per heavy atom. The Bertz CT molecular complexity index is 1480. The van der Waals surface area contributed by atoms with E-state index in [9.17, 15) is 14.7 Å². The van der Waals surface area contributed by atoms with Gasteiger partial charge >= 0.3 is 5.91 Å². The average molecular weight is 514 g/mol. The lowest BCUT2D eigenvalue weighted by molar-refractivity contribution is -0.132. The van der Waals surface area contributed by atoms with E-state index in [0.717, 1.165) is 5.56 Å². The van der Waals surface area contributed by atoms with Crippen LogP contribution >= 0.6 is 11.3 Å². The third-order valence-corrected chi connectivity index (χ3v) is 6.79. The van der Waals surface area contributed by atoms with E-state index in [1.165, 1.54) is 23.3 Å². The molecule has 1 amide bonds. The summed E-state index contributed by atoms with van der Waals surface area (Å²) in [5.74, 6) is -0.718. The van der Waals surface area contributed by atoms with E-state index in [0.29, 0.717) is 34.2 Å². The summed E-state index contributed by atoms with van der Waals surface area (Å²) in [5, 5.41) is 20.3. The van der Waals surface area contributed by atoms with Crippen LogP contribution in [0.15, 0.2) is 84.4 Å². The van der Waals surface area contributed by atoms with E-state index < -0.39 is 17.7 Å². The van der Waals surface area contributed by atoms with Crippen molar-refractivity contribution < 1.29 is 24.2 Å². The monoisotopic (exact) mass is 513 g/mol. The van der Waals surface area contributed by atoms with Crippen molar-refractivity contribution in [1.29, 1.82) is 0 Å². The standard InChI is InChI=1S/C28H23N3O5S/c1-17-29-30-28(37-17)31-24(20-9-6-10-22(15-20)36-16-18-7-4-3-5-8-18)23(26(33)27(31)34)25(32)19-11-13-21(35-2)14-12-19/h3-15,24,32H,16H2,1-2H3. The highest BCUT2D eigenvalue weighted by Crippen LogP contribution is 2.43. The van der Waals surface area contributed by atoms with Crippen molar-refractivity contribution in [2.24, 2.45) is 0 Å². The zero-order valence-corrected chi connectivity index (χ0v) is 20.9. The first-order valence-corrected chi connectivity index (χ1v) is 12.3. The molecule has 1 saturated heterocycles. The van der Waals surface area contributed by atoms with Crippen LogP contribution in [0.5, 0.6) is 11.5 Å². The molecule has 0 radical (unpaired) electrons. The highest BCUT2D eigenvalue weighted by atomic mass is 32.1. The van der Waals surface area contributed by atoms with Gasteiger partial charge in [-0.25, -0.2) is 0 Å². The van der Waals surface area contributed by atoms with Crippen molar-refractivity contribution >= 4 is 33.9 Å². The maximum absolute atomic E-state index is 13.3. The van der Waals surface area contributed by atoms with Crippen LogP contribution in [0.25, 0.3) is 5.76 Å². The maximum Gasteiger partial charge on any atom is 0.301 e. The largest absolute Gasteiger partial charge is 0.507 e. The molecule has 2 heterocycles. The van der Waals surface area contributed by atoms with E-state index in [2.05, 4.69) is 10.2 Å². The fraction of sp³-hybridized carbons (Fsp3) is 0.143. The number of ketones is 1. The van der Waals surface area contributed by atoms with Gasteiger partial charge in [0.05, 0.1) is 18.7 Å². The maximum atomic E-state index is 13.3. The van der Waals surface area contributed by atoms with E-state index in [1.807, 2.05) is 30.3 Å². The molecule has 186 valence electrons. The van der Waals surface area contributed by atoms with E-state index >= 15 is 0 Å². The fourth-order valence-corrected chi connectivity index (χ4v) is 4.86. The number of rotatable bonds is 7. The number of benzene rings is 3. The van der Waals surface area contributed by atoms with Crippen LogP contribution in [0.1, 0.15) is 27.7 Å². The summed E-state index contributed by atoms with van der Waals surface area (Å²) in [6, 6.07) is 22.6. The van der Waals surface area contributed by atoms with Gasteiger partial charge in [-0.3, -0.25) is 14.5 Å². The molecular weight excluding hydrogens is 490 g/mol. The number of carbonyl (C=O) groups is 2. The molecule has 0 saturated carbocycles. The molecule has 3 aromatic carbocycles. The first-order valence-electron chi connectivity index (χ1n) is 11.5. The van der Waals surface area contributed by atoms with Crippen LogP contribution < -0.4 is 14.4 Å². The number of hydrogen-bond acceptors (Lipinski definition) is 8. The number of hydrogen-bond donors (Lipinski definition) is 1. The molecule has 1 aromatic heterocycles. The van der Waals surface area contributed by atoms with Gasteiger partial charge in [0.1, 0.15) is 28.9 Å². The number of aliphatic hydroxyl groups excluding tert-OH is 1. The lowest BCUT2D eigenvalue weighted by Crippen LogP contribution is -2.29. The molecule has 0 aliphatic carbocycles. The fourth-order valence-electron chi connectivity index (χ4n) is 4.15. The molecule has 4 aromatic rings. The van der Waals surface area contributed by atoms with Crippen molar-refractivity contribution in [2.75, 3.05) is 12.0 Å². The topological polar surface area (TPSA) is 102 Å². The number of nitrogens with zero attached hydrogens (tertiary/aromatic N) is 3. The van der Waals surface area contributed by atoms with Gasteiger partial charge in [-0.1, -0.05) is 53.8 Å². The summed E-state index contributed by atoms with van der Waals surface area (Å²) in [6.07, 6.45) is 0. The number of methoxy groups -OCH3 is 1. The molecule has 1 atom stereocenters. The molecule has 0 spiro atoms. The number of aliphatic hydroxyl groups is 1. The number of amides is 1. The summed E-state index contributed by atoms with van der Waals surface area (Å²) < 4.78 is 11.2. The second-order valence-electron chi connectivity index (χ2n) is 8.35. The predicted octanol–water partition coefficient (Wildman–Crippen LogP) is 5.06. The zero-order valence-electron chi connectivity index (χ0n) is 20.1. The zero-order chi connectivity index (χ0) is 25.9. The molecule has 9 heteroatoms. The van der Waals surface area contributed by atoms with Crippen molar-refractivity contribution in [3.63, 3.8) is 0 Å². The Labute approximate surface area is 217 Å². The number of aryl methyl sites for hydroxylation is 1. The van der Waals surface area contributed by atoms with Gasteiger partial charge in [0, 0.05) is 5.56 Å². The smallest absolute Gasteiger partial charge is 0.301 e.